The number of nitrogens with zero attached hydrogens (tertiary/aromatic N) is 2. The number of benzene rings is 3. The minimum Gasteiger partial charge on any atom is -0.435 e. The van der Waals surface area contributed by atoms with E-state index in [1.807, 2.05) is 0 Å². The van der Waals surface area contributed by atoms with E-state index in [1.165, 1.54) is 24.3 Å². The molecule has 0 unspecified atom stereocenters. The first-order valence-electron chi connectivity index (χ1n) is 9.84. The molecule has 0 spiro atoms. The fourth-order valence-electron chi connectivity index (χ4n) is 2.86. The van der Waals surface area contributed by atoms with Gasteiger partial charge >= 0.3 is 13.2 Å². The average molecular weight is 563 g/mol. The Bertz CT molecular complexity index is 1430. The highest BCUT2D eigenvalue weighted by Crippen LogP contribution is 2.30. The molecular formula is C21H15ClF4N4O6S. The minimum atomic E-state index is -4.23. The molecule has 0 amide bonds. The second kappa shape index (κ2) is 11.7. The van der Waals surface area contributed by atoms with Crippen molar-refractivity contribution in [2.75, 3.05) is 10.1 Å². The highest BCUT2D eigenvalue weighted by atomic mass is 35.5. The summed E-state index contributed by atoms with van der Waals surface area (Å²) in [5.74, 6) is -1.00. The lowest BCUT2D eigenvalue weighted by molar-refractivity contribution is -0.384. The molecule has 0 radical (unpaired) electrons. The van der Waals surface area contributed by atoms with Crippen LogP contribution in [0, 0.1) is 10.1 Å². The monoisotopic (exact) mass is 562 g/mol. The van der Waals surface area contributed by atoms with Gasteiger partial charge in [-0.1, -0.05) is 17.7 Å². The standard InChI is InChI=1S/C21H15ClF4N4O6S/c22-13-2-1-3-14(8-13)29-37(33,34)16-6-7-17(18(10-16)30(31)32)28-27-11-12-4-5-15(35-20(23)24)9-19(12)36-21(25)26/h1-11,20-21,28-29H/b27-11+. The molecule has 196 valence electrons. The maximum Gasteiger partial charge on any atom is 0.387 e. The van der Waals surface area contributed by atoms with Gasteiger partial charge < -0.3 is 9.47 Å². The van der Waals surface area contributed by atoms with Gasteiger partial charge in [0.05, 0.1) is 21.7 Å². The number of hydrogen-bond donors (Lipinski definition) is 2. The van der Waals surface area contributed by atoms with Crippen molar-refractivity contribution in [1.29, 1.82) is 0 Å². The van der Waals surface area contributed by atoms with Crippen LogP contribution in [0.1, 0.15) is 5.56 Å². The zero-order valence-corrected chi connectivity index (χ0v) is 19.7. The molecule has 2 N–H and O–H groups in total. The largest absolute Gasteiger partial charge is 0.435 e. The van der Waals surface area contributed by atoms with E-state index in [0.29, 0.717) is 0 Å². The van der Waals surface area contributed by atoms with Crippen LogP contribution in [0.5, 0.6) is 11.5 Å². The Morgan fingerprint density at radius 1 is 1.00 bits per heavy atom. The zero-order chi connectivity index (χ0) is 27.2. The predicted octanol–water partition coefficient (Wildman–Crippen LogP) is 5.70. The summed E-state index contributed by atoms with van der Waals surface area (Å²) in [4.78, 5) is 10.2. The number of hydrazone groups is 1. The number of alkyl halides is 4. The van der Waals surface area contributed by atoms with Crippen LogP contribution in [0.3, 0.4) is 0 Å². The van der Waals surface area contributed by atoms with Crippen LogP contribution in [0.4, 0.5) is 34.6 Å². The number of nitro groups is 1. The van der Waals surface area contributed by atoms with Crippen LogP contribution in [-0.4, -0.2) is 32.8 Å². The molecular weight excluding hydrogens is 548 g/mol. The molecule has 10 nitrogen and oxygen atoms in total. The van der Waals surface area contributed by atoms with Crippen LogP contribution < -0.4 is 19.6 Å². The van der Waals surface area contributed by atoms with Gasteiger partial charge in [-0.3, -0.25) is 20.3 Å². The Labute approximate surface area is 211 Å². The summed E-state index contributed by atoms with van der Waals surface area (Å²) in [7, 11) is -4.23. The summed E-state index contributed by atoms with van der Waals surface area (Å²) < 4.78 is 86.2. The fourth-order valence-corrected chi connectivity index (χ4v) is 4.12. The number of rotatable bonds is 11. The van der Waals surface area contributed by atoms with Gasteiger partial charge in [-0.2, -0.15) is 22.7 Å². The van der Waals surface area contributed by atoms with Gasteiger partial charge in [0.25, 0.3) is 15.7 Å². The first-order chi connectivity index (χ1) is 17.4. The Hall–Kier alpha value is -4.11. The lowest BCUT2D eigenvalue weighted by Gasteiger charge is -2.11. The van der Waals surface area contributed by atoms with E-state index < -0.39 is 50.3 Å². The third kappa shape index (κ3) is 7.68. The molecule has 0 aliphatic carbocycles. The topological polar surface area (TPSA) is 132 Å². The van der Waals surface area contributed by atoms with Gasteiger partial charge in [-0.15, -0.1) is 0 Å². The van der Waals surface area contributed by atoms with Crippen molar-refractivity contribution >= 4 is 44.9 Å². The molecule has 0 fully saturated rings. The molecule has 0 saturated heterocycles. The second-order valence-corrected chi connectivity index (χ2v) is 9.00. The van der Waals surface area contributed by atoms with E-state index in [1.54, 1.807) is 0 Å². The normalized spacial score (nSPS) is 11.6. The van der Waals surface area contributed by atoms with Crippen molar-refractivity contribution in [3.05, 3.63) is 81.4 Å². The van der Waals surface area contributed by atoms with E-state index in [2.05, 4.69) is 24.7 Å². The molecule has 3 aromatic rings. The Morgan fingerprint density at radius 2 is 1.73 bits per heavy atom. The fraction of sp³-hybridized carbons (Fsp3) is 0.0952. The second-order valence-electron chi connectivity index (χ2n) is 6.88. The van der Waals surface area contributed by atoms with Crippen molar-refractivity contribution in [3.8, 4) is 11.5 Å². The molecule has 0 aliphatic heterocycles. The molecule has 0 aromatic heterocycles. The summed E-state index contributed by atoms with van der Waals surface area (Å²) in [6, 6.07) is 11.6. The number of anilines is 2. The summed E-state index contributed by atoms with van der Waals surface area (Å²) in [6.45, 7) is -6.49. The molecule has 0 bridgehead atoms. The molecule has 0 heterocycles. The van der Waals surface area contributed by atoms with Gasteiger partial charge in [0.2, 0.25) is 0 Å². The first kappa shape index (κ1) is 27.5. The molecule has 0 aliphatic rings. The van der Waals surface area contributed by atoms with Crippen LogP contribution in [0.15, 0.2) is 70.7 Å². The van der Waals surface area contributed by atoms with E-state index in [-0.39, 0.29) is 22.0 Å². The Kier molecular flexibility index (Phi) is 8.73. The highest BCUT2D eigenvalue weighted by Gasteiger charge is 2.22. The molecule has 0 saturated carbocycles. The maximum atomic E-state index is 12.7. The summed E-state index contributed by atoms with van der Waals surface area (Å²) in [5, 5.41) is 15.5. The van der Waals surface area contributed by atoms with E-state index >= 15 is 0 Å². The number of nitro benzene ring substituents is 1. The molecule has 3 aromatic carbocycles. The van der Waals surface area contributed by atoms with Crippen molar-refractivity contribution in [2.24, 2.45) is 5.10 Å². The average Bonchev–Trinajstić information content (AvgIpc) is 2.79. The molecule has 0 atom stereocenters. The van der Waals surface area contributed by atoms with Gasteiger partial charge in [0.1, 0.15) is 17.2 Å². The van der Waals surface area contributed by atoms with Crippen molar-refractivity contribution in [1.82, 2.24) is 0 Å². The highest BCUT2D eigenvalue weighted by molar-refractivity contribution is 7.92. The van der Waals surface area contributed by atoms with Crippen LogP contribution in [-0.2, 0) is 10.0 Å². The van der Waals surface area contributed by atoms with Crippen LogP contribution >= 0.6 is 11.6 Å². The smallest absolute Gasteiger partial charge is 0.387 e. The van der Waals surface area contributed by atoms with Crippen LogP contribution in [0.25, 0.3) is 0 Å². The predicted molar refractivity (Wildman–Crippen MR) is 126 cm³/mol. The van der Waals surface area contributed by atoms with E-state index in [9.17, 15) is 36.1 Å². The molecule has 3 rings (SSSR count). The van der Waals surface area contributed by atoms with Crippen molar-refractivity contribution in [2.45, 2.75) is 18.1 Å². The third-order valence-corrected chi connectivity index (χ3v) is 5.98. The van der Waals surface area contributed by atoms with Gasteiger partial charge in [-0.25, -0.2) is 8.42 Å². The van der Waals surface area contributed by atoms with Crippen molar-refractivity contribution in [3.63, 3.8) is 0 Å². The SMILES string of the molecule is O=[N+]([O-])c1cc(S(=O)(=O)Nc2cccc(Cl)c2)ccc1N/N=C/c1ccc(OC(F)F)cc1OC(F)F. The van der Waals surface area contributed by atoms with Crippen LogP contribution in [0.2, 0.25) is 5.02 Å². The Morgan fingerprint density at radius 3 is 2.38 bits per heavy atom. The molecule has 16 heteroatoms. The third-order valence-electron chi connectivity index (χ3n) is 4.37. The number of sulfonamides is 1. The van der Waals surface area contributed by atoms with Gasteiger partial charge in [-0.05, 0) is 42.5 Å². The quantitative estimate of drug-likeness (QED) is 0.133. The number of nitrogens with one attached hydrogen (secondary N) is 2. The number of hydrogen-bond acceptors (Lipinski definition) is 8. The van der Waals surface area contributed by atoms with E-state index in [4.69, 9.17) is 11.6 Å². The number of halogens is 5. The summed E-state index contributed by atoms with van der Waals surface area (Å²) in [5.41, 5.74) is 1.42. The van der Waals surface area contributed by atoms with Gasteiger partial charge in [0.15, 0.2) is 0 Å². The van der Waals surface area contributed by atoms with Crippen molar-refractivity contribution < 1.29 is 40.4 Å². The minimum absolute atomic E-state index is 0.109. The number of ether oxygens (including phenoxy) is 2. The maximum absolute atomic E-state index is 12.7. The van der Waals surface area contributed by atoms with Gasteiger partial charge in [0, 0.05) is 22.7 Å². The summed E-state index contributed by atoms with van der Waals surface area (Å²) in [6.07, 6.45) is 0.930. The lowest BCUT2D eigenvalue weighted by atomic mass is 10.2. The lowest BCUT2D eigenvalue weighted by Crippen LogP contribution is -2.13. The molecule has 37 heavy (non-hydrogen) atoms. The zero-order valence-electron chi connectivity index (χ0n) is 18.1. The summed E-state index contributed by atoms with van der Waals surface area (Å²) >= 11 is 5.84. The van der Waals surface area contributed by atoms with E-state index in [0.717, 1.165) is 42.6 Å². The Balaban J connectivity index is 1.84. The first-order valence-corrected chi connectivity index (χ1v) is 11.7.